The molecule has 112 valence electrons. The maximum absolute atomic E-state index is 5.60. The summed E-state index contributed by atoms with van der Waals surface area (Å²) in [6.07, 6.45) is 0. The highest BCUT2D eigenvalue weighted by molar-refractivity contribution is 9.10. The number of halogens is 1. The van der Waals surface area contributed by atoms with Crippen molar-refractivity contribution in [1.29, 1.82) is 0 Å². The molecule has 0 bridgehead atoms. The molecule has 0 N–H and O–H groups in total. The zero-order valence-corrected chi connectivity index (χ0v) is 13.4. The lowest BCUT2D eigenvalue weighted by atomic mass is 10.2. The summed E-state index contributed by atoms with van der Waals surface area (Å²) in [6.45, 7) is 0.221. The monoisotopic (exact) mass is 360 g/mol. The molecular weight excluding hydrogens is 348 g/mol. The van der Waals surface area contributed by atoms with E-state index in [1.807, 2.05) is 48.5 Å². The summed E-state index contributed by atoms with van der Waals surface area (Å²) < 4.78 is 17.0. The Morgan fingerprint density at radius 3 is 2.68 bits per heavy atom. The van der Waals surface area contributed by atoms with Crippen LogP contribution in [0.25, 0.3) is 11.4 Å². The molecule has 5 nitrogen and oxygen atoms in total. The number of rotatable bonds is 5. The highest BCUT2D eigenvalue weighted by Crippen LogP contribution is 2.22. The third-order valence-corrected chi connectivity index (χ3v) is 3.50. The lowest BCUT2D eigenvalue weighted by Crippen LogP contribution is -1.95. The highest BCUT2D eigenvalue weighted by atomic mass is 79.9. The summed E-state index contributed by atoms with van der Waals surface area (Å²) in [7, 11) is 1.62. The van der Waals surface area contributed by atoms with Crippen molar-refractivity contribution in [3.63, 3.8) is 0 Å². The Labute approximate surface area is 136 Å². The number of ether oxygens (including phenoxy) is 2. The fourth-order valence-electron chi connectivity index (χ4n) is 1.87. The van der Waals surface area contributed by atoms with Gasteiger partial charge in [-0.15, -0.1) is 0 Å². The van der Waals surface area contributed by atoms with Gasteiger partial charge in [0.05, 0.1) is 7.11 Å². The summed E-state index contributed by atoms with van der Waals surface area (Å²) in [5.41, 5.74) is 0.831. The van der Waals surface area contributed by atoms with Gasteiger partial charge in [0.2, 0.25) is 5.82 Å². The fraction of sp³-hybridized carbons (Fsp3) is 0.125. The van der Waals surface area contributed by atoms with Gasteiger partial charge >= 0.3 is 0 Å². The molecule has 0 radical (unpaired) electrons. The maximum atomic E-state index is 5.60. The molecular formula is C16H13BrN2O3. The van der Waals surface area contributed by atoms with Gasteiger partial charge in [-0.3, -0.25) is 0 Å². The molecule has 0 saturated carbocycles. The van der Waals surface area contributed by atoms with E-state index in [2.05, 4.69) is 26.1 Å². The molecule has 0 aliphatic heterocycles. The molecule has 0 unspecified atom stereocenters. The molecule has 0 saturated heterocycles. The maximum Gasteiger partial charge on any atom is 0.264 e. The van der Waals surface area contributed by atoms with E-state index in [-0.39, 0.29) is 6.61 Å². The third-order valence-electron chi connectivity index (χ3n) is 2.97. The SMILES string of the molecule is COc1cccc(-c2noc(COc3ccc(Br)cc3)n2)c1. The van der Waals surface area contributed by atoms with Crippen LogP contribution in [-0.2, 0) is 6.61 Å². The van der Waals surface area contributed by atoms with Crippen LogP contribution in [0, 0.1) is 0 Å². The summed E-state index contributed by atoms with van der Waals surface area (Å²) in [5.74, 6) is 2.41. The Morgan fingerprint density at radius 2 is 1.91 bits per heavy atom. The Bertz CT molecular complexity index is 756. The fourth-order valence-corrected chi connectivity index (χ4v) is 2.13. The molecule has 2 aromatic carbocycles. The first-order chi connectivity index (χ1) is 10.7. The van der Waals surface area contributed by atoms with E-state index >= 15 is 0 Å². The normalized spacial score (nSPS) is 10.5. The van der Waals surface area contributed by atoms with E-state index in [0.29, 0.717) is 11.7 Å². The summed E-state index contributed by atoms with van der Waals surface area (Å²) >= 11 is 3.38. The molecule has 22 heavy (non-hydrogen) atoms. The van der Waals surface area contributed by atoms with Crippen molar-refractivity contribution in [2.75, 3.05) is 7.11 Å². The van der Waals surface area contributed by atoms with Crippen LogP contribution in [0.3, 0.4) is 0 Å². The quantitative estimate of drug-likeness (QED) is 0.685. The van der Waals surface area contributed by atoms with E-state index in [9.17, 15) is 0 Å². The summed E-state index contributed by atoms with van der Waals surface area (Å²) in [4.78, 5) is 4.32. The van der Waals surface area contributed by atoms with Crippen LogP contribution in [0.4, 0.5) is 0 Å². The minimum absolute atomic E-state index is 0.221. The van der Waals surface area contributed by atoms with Crippen LogP contribution in [0.2, 0.25) is 0 Å². The molecule has 6 heteroatoms. The van der Waals surface area contributed by atoms with E-state index in [1.54, 1.807) is 7.11 Å². The standard InChI is InChI=1S/C16H13BrN2O3/c1-20-14-4-2-3-11(9-14)16-18-15(22-19-16)10-21-13-7-5-12(17)6-8-13/h2-9H,10H2,1H3. The van der Waals surface area contributed by atoms with Gasteiger partial charge in [0.1, 0.15) is 11.5 Å². The Balaban J connectivity index is 1.69. The Hall–Kier alpha value is -2.34. The molecule has 0 fully saturated rings. The largest absolute Gasteiger partial charge is 0.497 e. The lowest BCUT2D eigenvalue weighted by molar-refractivity contribution is 0.243. The lowest BCUT2D eigenvalue weighted by Gasteiger charge is -2.02. The molecule has 0 atom stereocenters. The minimum atomic E-state index is 0.221. The van der Waals surface area contributed by atoms with Crippen molar-refractivity contribution in [2.24, 2.45) is 0 Å². The first-order valence-corrected chi connectivity index (χ1v) is 7.39. The predicted molar refractivity (Wildman–Crippen MR) is 84.8 cm³/mol. The van der Waals surface area contributed by atoms with Gasteiger partial charge in [0.15, 0.2) is 6.61 Å². The van der Waals surface area contributed by atoms with Gasteiger partial charge in [0, 0.05) is 10.0 Å². The van der Waals surface area contributed by atoms with Crippen molar-refractivity contribution in [2.45, 2.75) is 6.61 Å². The van der Waals surface area contributed by atoms with E-state index in [1.165, 1.54) is 0 Å². The van der Waals surface area contributed by atoms with Crippen LogP contribution in [0.1, 0.15) is 5.89 Å². The molecule has 1 aromatic heterocycles. The number of hydrogen-bond donors (Lipinski definition) is 0. The topological polar surface area (TPSA) is 57.4 Å². The number of nitrogens with zero attached hydrogens (tertiary/aromatic N) is 2. The Kier molecular flexibility index (Phi) is 4.39. The highest BCUT2D eigenvalue weighted by Gasteiger charge is 2.10. The van der Waals surface area contributed by atoms with Gasteiger partial charge < -0.3 is 14.0 Å². The minimum Gasteiger partial charge on any atom is -0.497 e. The van der Waals surface area contributed by atoms with E-state index in [4.69, 9.17) is 14.0 Å². The van der Waals surface area contributed by atoms with Crippen LogP contribution in [0.5, 0.6) is 11.5 Å². The van der Waals surface area contributed by atoms with Gasteiger partial charge in [-0.25, -0.2) is 0 Å². The van der Waals surface area contributed by atoms with Crippen LogP contribution < -0.4 is 9.47 Å². The van der Waals surface area contributed by atoms with Crippen molar-refractivity contribution >= 4 is 15.9 Å². The van der Waals surface area contributed by atoms with Crippen molar-refractivity contribution < 1.29 is 14.0 Å². The molecule has 1 heterocycles. The van der Waals surface area contributed by atoms with Crippen LogP contribution >= 0.6 is 15.9 Å². The molecule has 0 aliphatic carbocycles. The van der Waals surface area contributed by atoms with E-state index in [0.717, 1.165) is 21.5 Å². The summed E-state index contributed by atoms with van der Waals surface area (Å²) in [6, 6.07) is 15.0. The second-order valence-electron chi connectivity index (χ2n) is 4.49. The van der Waals surface area contributed by atoms with Crippen LogP contribution in [0.15, 0.2) is 57.5 Å². The molecule has 0 amide bonds. The van der Waals surface area contributed by atoms with Gasteiger partial charge in [-0.1, -0.05) is 33.2 Å². The molecule has 0 spiro atoms. The second kappa shape index (κ2) is 6.62. The number of benzene rings is 2. The smallest absolute Gasteiger partial charge is 0.264 e. The average molecular weight is 361 g/mol. The number of methoxy groups -OCH3 is 1. The zero-order chi connectivity index (χ0) is 15.4. The van der Waals surface area contributed by atoms with E-state index < -0.39 is 0 Å². The second-order valence-corrected chi connectivity index (χ2v) is 5.40. The first kappa shape index (κ1) is 14.6. The predicted octanol–water partition coefficient (Wildman–Crippen LogP) is 4.09. The number of aromatic nitrogens is 2. The van der Waals surface area contributed by atoms with Crippen molar-refractivity contribution in [3.05, 3.63) is 58.9 Å². The van der Waals surface area contributed by atoms with Gasteiger partial charge in [-0.05, 0) is 36.4 Å². The Morgan fingerprint density at radius 1 is 1.09 bits per heavy atom. The molecule has 0 aliphatic rings. The van der Waals surface area contributed by atoms with Gasteiger partial charge in [-0.2, -0.15) is 4.98 Å². The molecule has 3 aromatic rings. The number of hydrogen-bond acceptors (Lipinski definition) is 5. The first-order valence-electron chi connectivity index (χ1n) is 6.60. The van der Waals surface area contributed by atoms with Crippen molar-refractivity contribution in [1.82, 2.24) is 10.1 Å². The summed E-state index contributed by atoms with van der Waals surface area (Å²) in [5, 5.41) is 3.96. The molecule has 3 rings (SSSR count). The third kappa shape index (κ3) is 3.46. The van der Waals surface area contributed by atoms with Crippen molar-refractivity contribution in [3.8, 4) is 22.9 Å². The average Bonchev–Trinajstić information content (AvgIpc) is 3.03. The van der Waals surface area contributed by atoms with Crippen LogP contribution in [-0.4, -0.2) is 17.3 Å². The zero-order valence-electron chi connectivity index (χ0n) is 11.8. The van der Waals surface area contributed by atoms with Gasteiger partial charge in [0.25, 0.3) is 5.89 Å².